The monoisotopic (exact) mass is 212 g/mol. The van der Waals surface area contributed by atoms with Gasteiger partial charge in [0.05, 0.1) is 11.3 Å². The van der Waals surface area contributed by atoms with Crippen molar-refractivity contribution < 1.29 is 9.50 Å². The molecule has 1 rings (SSSR count). The number of aliphatic hydroxyl groups is 1. The van der Waals surface area contributed by atoms with E-state index in [1.54, 1.807) is 38.1 Å². The summed E-state index contributed by atoms with van der Waals surface area (Å²) in [5.41, 5.74) is 5.21. The molecular weight excluding hydrogens is 195 g/mol. The number of hydrogen-bond acceptors (Lipinski definition) is 3. The number of hydrogen-bond donors (Lipinski definition) is 2. The van der Waals surface area contributed by atoms with Crippen molar-refractivity contribution in [2.24, 2.45) is 5.73 Å². The van der Waals surface area contributed by atoms with Crippen LogP contribution in [0, 0.1) is 5.82 Å². The Morgan fingerprint density at radius 2 is 2.07 bits per heavy atom. The van der Waals surface area contributed by atoms with Gasteiger partial charge in [0, 0.05) is 20.6 Å². The van der Waals surface area contributed by atoms with Gasteiger partial charge >= 0.3 is 0 Å². The van der Waals surface area contributed by atoms with Gasteiger partial charge in [0.25, 0.3) is 0 Å². The highest BCUT2D eigenvalue weighted by atomic mass is 19.1. The molecule has 1 aromatic rings. The smallest absolute Gasteiger partial charge is 0.146 e. The van der Waals surface area contributed by atoms with Crippen LogP contribution in [-0.4, -0.2) is 25.7 Å². The standard InChI is InChI=1S/C11H17FN2O/c1-11(15,7-13)8-4-5-10(14(2)3)9(12)6-8/h4-6,15H,7,13H2,1-3H3. The molecule has 1 atom stereocenters. The Morgan fingerprint density at radius 1 is 1.47 bits per heavy atom. The molecule has 0 spiro atoms. The molecule has 0 aliphatic carbocycles. The van der Waals surface area contributed by atoms with Gasteiger partial charge in [0.2, 0.25) is 0 Å². The fraction of sp³-hybridized carbons (Fsp3) is 0.455. The van der Waals surface area contributed by atoms with Crippen LogP contribution in [0.15, 0.2) is 18.2 Å². The van der Waals surface area contributed by atoms with E-state index in [2.05, 4.69) is 0 Å². The van der Waals surface area contributed by atoms with Gasteiger partial charge in [-0.1, -0.05) is 6.07 Å². The van der Waals surface area contributed by atoms with Gasteiger partial charge in [-0.25, -0.2) is 4.39 Å². The molecule has 84 valence electrons. The van der Waals surface area contributed by atoms with Crippen molar-refractivity contribution in [2.75, 3.05) is 25.5 Å². The molecule has 0 saturated heterocycles. The molecule has 1 aromatic carbocycles. The van der Waals surface area contributed by atoms with Gasteiger partial charge in [-0.15, -0.1) is 0 Å². The van der Waals surface area contributed by atoms with Crippen LogP contribution in [-0.2, 0) is 5.60 Å². The molecule has 3 N–H and O–H groups in total. The van der Waals surface area contributed by atoms with Crippen LogP contribution in [0.3, 0.4) is 0 Å². The summed E-state index contributed by atoms with van der Waals surface area (Å²) in [5, 5.41) is 9.84. The Balaban J connectivity index is 3.12. The summed E-state index contributed by atoms with van der Waals surface area (Å²) in [4.78, 5) is 1.68. The van der Waals surface area contributed by atoms with Gasteiger partial charge in [-0.2, -0.15) is 0 Å². The molecule has 0 saturated carbocycles. The predicted octanol–water partition coefficient (Wildman–Crippen LogP) is 1.06. The van der Waals surface area contributed by atoms with Gasteiger partial charge < -0.3 is 15.7 Å². The molecule has 0 aliphatic rings. The number of anilines is 1. The Labute approximate surface area is 89.3 Å². The minimum Gasteiger partial charge on any atom is -0.384 e. The van der Waals surface area contributed by atoms with Crippen LogP contribution in [0.1, 0.15) is 12.5 Å². The first kappa shape index (κ1) is 11.9. The van der Waals surface area contributed by atoms with E-state index in [-0.39, 0.29) is 12.4 Å². The van der Waals surface area contributed by atoms with Crippen LogP contribution in [0.4, 0.5) is 10.1 Å². The molecule has 15 heavy (non-hydrogen) atoms. The van der Waals surface area contributed by atoms with Crippen molar-refractivity contribution in [3.05, 3.63) is 29.6 Å². The third-order valence-electron chi connectivity index (χ3n) is 2.45. The second kappa shape index (κ2) is 4.16. The molecule has 0 amide bonds. The molecular formula is C11H17FN2O. The van der Waals surface area contributed by atoms with E-state index in [4.69, 9.17) is 5.73 Å². The lowest BCUT2D eigenvalue weighted by Gasteiger charge is -2.23. The Kier molecular flexibility index (Phi) is 3.31. The topological polar surface area (TPSA) is 49.5 Å². The quantitative estimate of drug-likeness (QED) is 0.787. The van der Waals surface area contributed by atoms with Gasteiger partial charge in [0.1, 0.15) is 5.82 Å². The van der Waals surface area contributed by atoms with Crippen LogP contribution in [0.2, 0.25) is 0 Å². The summed E-state index contributed by atoms with van der Waals surface area (Å²) in [6.45, 7) is 1.63. The first-order valence-electron chi connectivity index (χ1n) is 4.78. The van der Waals surface area contributed by atoms with Crippen molar-refractivity contribution in [2.45, 2.75) is 12.5 Å². The Bertz CT molecular complexity index is 350. The Morgan fingerprint density at radius 3 is 2.47 bits per heavy atom. The van der Waals surface area contributed by atoms with Gasteiger partial charge in [-0.3, -0.25) is 0 Å². The van der Waals surface area contributed by atoms with E-state index in [0.717, 1.165) is 0 Å². The van der Waals surface area contributed by atoms with Crippen LogP contribution >= 0.6 is 0 Å². The van der Waals surface area contributed by atoms with Crippen molar-refractivity contribution in [1.29, 1.82) is 0 Å². The zero-order chi connectivity index (χ0) is 11.6. The summed E-state index contributed by atoms with van der Waals surface area (Å²) in [6.07, 6.45) is 0. The molecule has 0 aromatic heterocycles. The molecule has 0 radical (unpaired) electrons. The summed E-state index contributed by atoms with van der Waals surface area (Å²) in [6, 6.07) is 4.64. The second-order valence-corrected chi connectivity index (χ2v) is 4.04. The van der Waals surface area contributed by atoms with Crippen molar-refractivity contribution in [1.82, 2.24) is 0 Å². The number of nitrogens with zero attached hydrogens (tertiary/aromatic N) is 1. The zero-order valence-corrected chi connectivity index (χ0v) is 9.29. The lowest BCUT2D eigenvalue weighted by atomic mass is 9.96. The first-order chi connectivity index (χ1) is 6.88. The number of halogens is 1. The average molecular weight is 212 g/mol. The van der Waals surface area contributed by atoms with E-state index in [1.807, 2.05) is 0 Å². The molecule has 0 aliphatic heterocycles. The largest absolute Gasteiger partial charge is 0.384 e. The molecule has 1 unspecified atom stereocenters. The fourth-order valence-electron chi connectivity index (χ4n) is 1.32. The molecule has 0 heterocycles. The van der Waals surface area contributed by atoms with Crippen molar-refractivity contribution in [3.8, 4) is 0 Å². The maximum absolute atomic E-state index is 13.6. The third-order valence-corrected chi connectivity index (χ3v) is 2.45. The average Bonchev–Trinajstić information content (AvgIpc) is 2.17. The minimum atomic E-state index is -1.17. The highest BCUT2D eigenvalue weighted by molar-refractivity contribution is 5.48. The second-order valence-electron chi connectivity index (χ2n) is 4.04. The van der Waals surface area contributed by atoms with Crippen molar-refractivity contribution in [3.63, 3.8) is 0 Å². The fourth-order valence-corrected chi connectivity index (χ4v) is 1.32. The van der Waals surface area contributed by atoms with Crippen LogP contribution < -0.4 is 10.6 Å². The molecule has 3 nitrogen and oxygen atoms in total. The summed E-state index contributed by atoms with van der Waals surface area (Å²) >= 11 is 0. The third kappa shape index (κ3) is 2.46. The van der Waals surface area contributed by atoms with Gasteiger partial charge in [0.15, 0.2) is 0 Å². The molecule has 0 fully saturated rings. The zero-order valence-electron chi connectivity index (χ0n) is 9.29. The van der Waals surface area contributed by atoms with E-state index in [9.17, 15) is 9.50 Å². The van der Waals surface area contributed by atoms with E-state index in [0.29, 0.717) is 11.3 Å². The normalized spacial score (nSPS) is 14.8. The Hall–Kier alpha value is -1.13. The molecule has 0 bridgehead atoms. The highest BCUT2D eigenvalue weighted by Gasteiger charge is 2.22. The first-order valence-corrected chi connectivity index (χ1v) is 4.78. The highest BCUT2D eigenvalue weighted by Crippen LogP contribution is 2.25. The summed E-state index contributed by atoms with van der Waals surface area (Å²) < 4.78 is 13.6. The van der Waals surface area contributed by atoms with E-state index >= 15 is 0 Å². The predicted molar refractivity (Wildman–Crippen MR) is 59.4 cm³/mol. The molecule has 4 heteroatoms. The summed E-state index contributed by atoms with van der Waals surface area (Å²) in [7, 11) is 3.53. The summed E-state index contributed by atoms with van der Waals surface area (Å²) in [5.74, 6) is -0.355. The van der Waals surface area contributed by atoms with Crippen LogP contribution in [0.5, 0.6) is 0 Å². The van der Waals surface area contributed by atoms with E-state index < -0.39 is 5.60 Å². The number of nitrogens with two attached hydrogens (primary N) is 1. The lowest BCUT2D eigenvalue weighted by Crippen LogP contribution is -2.31. The van der Waals surface area contributed by atoms with E-state index in [1.165, 1.54) is 6.07 Å². The number of benzene rings is 1. The minimum absolute atomic E-state index is 0.0632. The van der Waals surface area contributed by atoms with Crippen molar-refractivity contribution >= 4 is 5.69 Å². The lowest BCUT2D eigenvalue weighted by molar-refractivity contribution is 0.0665. The maximum atomic E-state index is 13.6. The number of rotatable bonds is 3. The van der Waals surface area contributed by atoms with Gasteiger partial charge in [-0.05, 0) is 24.6 Å². The maximum Gasteiger partial charge on any atom is 0.146 e. The SMILES string of the molecule is CN(C)c1ccc(C(C)(O)CN)cc1F. The van der Waals surface area contributed by atoms with Crippen LogP contribution in [0.25, 0.3) is 0 Å².